The Morgan fingerprint density at radius 1 is 1.32 bits per heavy atom. The van der Waals surface area contributed by atoms with Gasteiger partial charge in [-0.1, -0.05) is 24.3 Å². The molecule has 0 radical (unpaired) electrons. The summed E-state index contributed by atoms with van der Waals surface area (Å²) in [5.74, 6) is -0.541. The third-order valence-electron chi connectivity index (χ3n) is 5.60. The van der Waals surface area contributed by atoms with Crippen LogP contribution in [-0.2, 0) is 17.3 Å². The van der Waals surface area contributed by atoms with Gasteiger partial charge in [0.25, 0.3) is 0 Å². The Balaban J connectivity index is 1.63. The van der Waals surface area contributed by atoms with Crippen LogP contribution in [0.5, 0.6) is 0 Å². The molecular weight excluding hydrogens is 449 g/mol. The number of aliphatic hydroxyl groups excluding tert-OH is 1. The number of aryl methyl sites for hydroxylation is 1. The van der Waals surface area contributed by atoms with Crippen LogP contribution in [0.1, 0.15) is 44.9 Å². The number of hydrogen-bond acceptors (Lipinski definition) is 4. The highest BCUT2D eigenvalue weighted by Crippen LogP contribution is 2.40. The number of alkyl halides is 4. The van der Waals surface area contributed by atoms with Crippen LogP contribution in [0.2, 0.25) is 0 Å². The number of ether oxygens (including phenoxy) is 1. The molecule has 0 bridgehead atoms. The van der Waals surface area contributed by atoms with Gasteiger partial charge in [0.1, 0.15) is 4.88 Å². The second-order valence-corrected chi connectivity index (χ2v) is 9.42. The van der Waals surface area contributed by atoms with Crippen LogP contribution < -0.4 is 0 Å². The van der Waals surface area contributed by atoms with Gasteiger partial charge in [-0.15, -0.1) is 22.9 Å². The molecule has 0 spiro atoms. The molecule has 1 unspecified atom stereocenters. The van der Waals surface area contributed by atoms with Crippen molar-refractivity contribution >= 4 is 35.0 Å². The van der Waals surface area contributed by atoms with Crippen molar-refractivity contribution in [3.8, 4) is 0 Å². The predicted octanol–water partition coefficient (Wildman–Crippen LogP) is 6.19. The molecule has 1 fully saturated rings. The van der Waals surface area contributed by atoms with Crippen molar-refractivity contribution in [1.82, 2.24) is 0 Å². The SMILES string of the molecule is COC(=O)c1ccc(CCCC2[C@H](Cl)C[C@@H](O)[C@@H]2/C=C/c2cccc(C(F)(F)F)c2)s1. The van der Waals surface area contributed by atoms with E-state index in [1.165, 1.54) is 24.5 Å². The normalized spacial score (nSPS) is 24.1. The number of carbonyl (C=O) groups is 1. The van der Waals surface area contributed by atoms with Gasteiger partial charge in [-0.25, -0.2) is 4.79 Å². The lowest BCUT2D eigenvalue weighted by Crippen LogP contribution is -2.18. The Kier molecular flexibility index (Phi) is 7.83. The van der Waals surface area contributed by atoms with E-state index in [2.05, 4.69) is 0 Å². The highest BCUT2D eigenvalue weighted by atomic mass is 35.5. The van der Waals surface area contributed by atoms with E-state index in [-0.39, 0.29) is 23.2 Å². The van der Waals surface area contributed by atoms with Crippen molar-refractivity contribution in [1.29, 1.82) is 0 Å². The molecule has 3 rings (SSSR count). The number of thiophene rings is 1. The monoisotopic (exact) mass is 472 g/mol. The quantitative estimate of drug-likeness (QED) is 0.386. The van der Waals surface area contributed by atoms with Crippen molar-refractivity contribution in [3.63, 3.8) is 0 Å². The number of halogens is 4. The summed E-state index contributed by atoms with van der Waals surface area (Å²) in [6.45, 7) is 0. The zero-order valence-electron chi connectivity index (χ0n) is 16.9. The summed E-state index contributed by atoms with van der Waals surface area (Å²) in [7, 11) is 1.35. The third kappa shape index (κ3) is 6.11. The molecule has 0 amide bonds. The van der Waals surface area contributed by atoms with Crippen LogP contribution in [0.25, 0.3) is 6.08 Å². The first-order chi connectivity index (χ1) is 14.7. The van der Waals surface area contributed by atoms with E-state index in [1.54, 1.807) is 24.3 Å². The highest BCUT2D eigenvalue weighted by Gasteiger charge is 2.39. The smallest absolute Gasteiger partial charge is 0.416 e. The average molecular weight is 473 g/mol. The molecule has 1 aliphatic rings. The lowest BCUT2D eigenvalue weighted by Gasteiger charge is -2.20. The molecule has 2 aromatic rings. The van der Waals surface area contributed by atoms with Crippen LogP contribution in [0.15, 0.2) is 42.5 Å². The van der Waals surface area contributed by atoms with Gasteiger partial charge in [0, 0.05) is 16.2 Å². The molecule has 1 aromatic heterocycles. The first kappa shape index (κ1) is 23.8. The fourth-order valence-electron chi connectivity index (χ4n) is 4.01. The number of aliphatic hydroxyl groups is 1. The number of hydrogen-bond donors (Lipinski definition) is 1. The average Bonchev–Trinajstić information content (AvgIpc) is 3.30. The van der Waals surface area contributed by atoms with Crippen molar-refractivity contribution in [3.05, 3.63) is 63.4 Å². The molecule has 1 aliphatic carbocycles. The minimum absolute atomic E-state index is 0.0266. The maximum Gasteiger partial charge on any atom is 0.416 e. The molecule has 1 aromatic carbocycles. The fourth-order valence-corrected chi connectivity index (χ4v) is 5.45. The Morgan fingerprint density at radius 2 is 2.10 bits per heavy atom. The second kappa shape index (κ2) is 10.2. The molecule has 31 heavy (non-hydrogen) atoms. The minimum atomic E-state index is -4.39. The van der Waals surface area contributed by atoms with E-state index >= 15 is 0 Å². The molecule has 168 valence electrons. The van der Waals surface area contributed by atoms with Crippen LogP contribution in [0.3, 0.4) is 0 Å². The standard InChI is InChI=1S/C23H24ClF3O3S/c1-30-22(29)21-11-9-16(31-21)6-3-7-17-18(20(28)13-19(17)24)10-8-14-4-2-5-15(12-14)23(25,26)27/h2,4-5,8-12,17-20,28H,3,6-7,13H2,1H3/b10-8+/t17?,18-,19-,20-/m1/s1. The molecular formula is C23H24ClF3O3S. The van der Waals surface area contributed by atoms with Gasteiger partial charge in [0.15, 0.2) is 0 Å². The van der Waals surface area contributed by atoms with Gasteiger partial charge in [-0.2, -0.15) is 13.2 Å². The Labute approximate surface area is 188 Å². The number of carbonyl (C=O) groups excluding carboxylic acids is 1. The highest BCUT2D eigenvalue weighted by molar-refractivity contribution is 7.13. The second-order valence-electron chi connectivity index (χ2n) is 7.69. The Bertz CT molecular complexity index is 925. The molecule has 1 N–H and O–H groups in total. The summed E-state index contributed by atoms with van der Waals surface area (Å²) in [6.07, 6.45) is 1.24. The molecule has 4 atom stereocenters. The lowest BCUT2D eigenvalue weighted by molar-refractivity contribution is -0.137. The van der Waals surface area contributed by atoms with Gasteiger partial charge in [-0.05, 0) is 61.4 Å². The van der Waals surface area contributed by atoms with Crippen LogP contribution in [0.4, 0.5) is 13.2 Å². The molecule has 3 nitrogen and oxygen atoms in total. The number of methoxy groups -OCH3 is 1. The number of esters is 1. The van der Waals surface area contributed by atoms with E-state index in [1.807, 2.05) is 6.07 Å². The summed E-state index contributed by atoms with van der Waals surface area (Å²) < 4.78 is 43.5. The summed E-state index contributed by atoms with van der Waals surface area (Å²) in [5.41, 5.74) is -0.261. The van der Waals surface area contributed by atoms with E-state index in [0.717, 1.165) is 36.3 Å². The maximum atomic E-state index is 12.9. The van der Waals surface area contributed by atoms with Crippen LogP contribution in [0, 0.1) is 11.8 Å². The fraction of sp³-hybridized carbons (Fsp3) is 0.435. The first-order valence-electron chi connectivity index (χ1n) is 10.0. The minimum Gasteiger partial charge on any atom is -0.465 e. The summed E-state index contributed by atoms with van der Waals surface area (Å²) in [6, 6.07) is 8.77. The van der Waals surface area contributed by atoms with E-state index < -0.39 is 17.8 Å². The van der Waals surface area contributed by atoms with Gasteiger partial charge in [0.2, 0.25) is 0 Å². The molecule has 1 saturated carbocycles. The van der Waals surface area contributed by atoms with Crippen molar-refractivity contribution in [2.75, 3.05) is 7.11 Å². The lowest BCUT2D eigenvalue weighted by atomic mass is 9.89. The zero-order valence-corrected chi connectivity index (χ0v) is 18.5. The zero-order chi connectivity index (χ0) is 22.6. The summed E-state index contributed by atoms with van der Waals surface area (Å²) >= 11 is 7.88. The van der Waals surface area contributed by atoms with E-state index in [4.69, 9.17) is 16.3 Å². The van der Waals surface area contributed by atoms with Gasteiger partial charge in [0.05, 0.1) is 18.8 Å². The Hall–Kier alpha value is -1.83. The van der Waals surface area contributed by atoms with Gasteiger partial charge < -0.3 is 9.84 Å². The number of rotatable bonds is 7. The topological polar surface area (TPSA) is 46.5 Å². The third-order valence-corrected chi connectivity index (χ3v) is 7.23. The molecule has 8 heteroatoms. The van der Waals surface area contributed by atoms with E-state index in [0.29, 0.717) is 16.9 Å². The number of benzene rings is 1. The largest absolute Gasteiger partial charge is 0.465 e. The van der Waals surface area contributed by atoms with E-state index in [9.17, 15) is 23.1 Å². The maximum absolute atomic E-state index is 12.9. The molecule has 0 saturated heterocycles. The molecule has 1 heterocycles. The summed E-state index contributed by atoms with van der Waals surface area (Å²) in [4.78, 5) is 13.2. The van der Waals surface area contributed by atoms with Crippen molar-refractivity contribution < 1.29 is 27.8 Å². The van der Waals surface area contributed by atoms with Crippen molar-refractivity contribution in [2.24, 2.45) is 11.8 Å². The van der Waals surface area contributed by atoms with Crippen LogP contribution in [-0.4, -0.2) is 29.7 Å². The first-order valence-corrected chi connectivity index (χ1v) is 11.3. The van der Waals surface area contributed by atoms with Crippen molar-refractivity contribution in [2.45, 2.75) is 43.3 Å². The van der Waals surface area contributed by atoms with Crippen LogP contribution >= 0.6 is 22.9 Å². The summed E-state index contributed by atoms with van der Waals surface area (Å²) in [5, 5.41) is 10.2. The molecule has 0 aliphatic heterocycles. The van der Waals surface area contributed by atoms with Gasteiger partial charge >= 0.3 is 12.1 Å². The van der Waals surface area contributed by atoms with Gasteiger partial charge in [-0.3, -0.25) is 0 Å². The predicted molar refractivity (Wildman–Crippen MR) is 116 cm³/mol. The Morgan fingerprint density at radius 3 is 2.81 bits per heavy atom.